The third-order valence-corrected chi connectivity index (χ3v) is 6.34. The zero-order valence-electron chi connectivity index (χ0n) is 12.7. The highest BCUT2D eigenvalue weighted by Crippen LogP contribution is 2.34. The number of nitrogens with one attached hydrogen (secondary N) is 1. The maximum atomic E-state index is 3.71. The highest BCUT2D eigenvalue weighted by molar-refractivity contribution is 7.12. The van der Waals surface area contributed by atoms with Crippen LogP contribution in [0.4, 0.5) is 5.69 Å². The fraction of sp³-hybridized carbons (Fsp3) is 0.474. The quantitative estimate of drug-likeness (QED) is 0.811. The average Bonchev–Trinajstić information content (AvgIpc) is 3.13. The lowest BCUT2D eigenvalue weighted by atomic mass is 9.99. The minimum Gasteiger partial charge on any atom is -0.378 e. The molecule has 4 rings (SSSR count). The molecule has 1 nitrogen and oxygen atoms in total. The predicted octanol–water partition coefficient (Wildman–Crippen LogP) is 5.29. The molecule has 0 radical (unpaired) electrons. The molecule has 0 aliphatic heterocycles. The van der Waals surface area contributed by atoms with Crippen molar-refractivity contribution in [1.82, 2.24) is 0 Å². The summed E-state index contributed by atoms with van der Waals surface area (Å²) in [4.78, 5) is 3.14. The summed E-state index contributed by atoms with van der Waals surface area (Å²) < 4.78 is 0. The summed E-state index contributed by atoms with van der Waals surface area (Å²) >= 11 is 2.03. The first-order chi connectivity index (χ1) is 10.3. The van der Waals surface area contributed by atoms with Gasteiger partial charge in [0.2, 0.25) is 0 Å². The third-order valence-electron chi connectivity index (χ3n) is 4.92. The molecule has 0 saturated carbocycles. The summed E-state index contributed by atoms with van der Waals surface area (Å²) in [6, 6.07) is 9.81. The van der Waals surface area contributed by atoms with Gasteiger partial charge in [-0.15, -0.1) is 11.3 Å². The van der Waals surface area contributed by atoms with Crippen LogP contribution < -0.4 is 5.32 Å². The largest absolute Gasteiger partial charge is 0.378 e. The zero-order valence-corrected chi connectivity index (χ0v) is 13.6. The van der Waals surface area contributed by atoms with Crippen molar-refractivity contribution in [1.29, 1.82) is 0 Å². The van der Waals surface area contributed by atoms with Crippen LogP contribution in [-0.2, 0) is 25.7 Å². The molecule has 1 unspecified atom stereocenters. The van der Waals surface area contributed by atoms with Gasteiger partial charge in [0, 0.05) is 15.4 Å². The van der Waals surface area contributed by atoms with Gasteiger partial charge in [-0.3, -0.25) is 0 Å². The maximum absolute atomic E-state index is 3.71. The van der Waals surface area contributed by atoms with Gasteiger partial charge < -0.3 is 5.32 Å². The topological polar surface area (TPSA) is 12.0 Å². The Kier molecular flexibility index (Phi) is 3.50. The van der Waals surface area contributed by atoms with Gasteiger partial charge in [0.15, 0.2) is 0 Å². The monoisotopic (exact) mass is 297 g/mol. The molecule has 21 heavy (non-hydrogen) atoms. The summed E-state index contributed by atoms with van der Waals surface area (Å²) in [6.45, 7) is 2.30. The Labute approximate surface area is 131 Å². The van der Waals surface area contributed by atoms with E-state index in [-0.39, 0.29) is 0 Å². The second-order valence-corrected chi connectivity index (χ2v) is 7.68. The first-order valence-electron chi connectivity index (χ1n) is 8.29. The van der Waals surface area contributed by atoms with Crippen LogP contribution in [0.2, 0.25) is 0 Å². The summed E-state index contributed by atoms with van der Waals surface area (Å²) in [5, 5.41) is 3.71. The summed E-state index contributed by atoms with van der Waals surface area (Å²) in [5.41, 5.74) is 6.01. The molecule has 1 aromatic heterocycles. The molecular weight excluding hydrogens is 274 g/mol. The van der Waals surface area contributed by atoms with E-state index in [0.717, 1.165) is 0 Å². The number of hydrogen-bond donors (Lipinski definition) is 1. The van der Waals surface area contributed by atoms with Crippen LogP contribution in [0, 0.1) is 0 Å². The number of anilines is 1. The Morgan fingerprint density at radius 1 is 0.905 bits per heavy atom. The van der Waals surface area contributed by atoms with E-state index in [1.54, 1.807) is 21.6 Å². The molecule has 0 fully saturated rings. The van der Waals surface area contributed by atoms with Crippen LogP contribution in [-0.4, -0.2) is 0 Å². The van der Waals surface area contributed by atoms with E-state index >= 15 is 0 Å². The van der Waals surface area contributed by atoms with Crippen LogP contribution in [0.15, 0.2) is 24.3 Å². The Balaban J connectivity index is 1.52. The van der Waals surface area contributed by atoms with E-state index in [1.165, 1.54) is 55.5 Å². The second-order valence-electron chi connectivity index (χ2n) is 6.51. The zero-order chi connectivity index (χ0) is 14.2. The SMILES string of the molecule is CC(Nc1ccc2c(c1)CCC2)c1cc2c(s1)CCCC2. The van der Waals surface area contributed by atoms with E-state index in [2.05, 4.69) is 36.5 Å². The smallest absolute Gasteiger partial charge is 0.0578 e. The minimum atomic E-state index is 0.417. The highest BCUT2D eigenvalue weighted by Gasteiger charge is 2.17. The van der Waals surface area contributed by atoms with Crippen molar-refractivity contribution in [2.24, 2.45) is 0 Å². The molecule has 1 heterocycles. The summed E-state index contributed by atoms with van der Waals surface area (Å²) in [7, 11) is 0. The number of rotatable bonds is 3. The van der Waals surface area contributed by atoms with Crippen LogP contribution in [0.5, 0.6) is 0 Å². The molecule has 0 amide bonds. The lowest BCUT2D eigenvalue weighted by Gasteiger charge is -2.15. The molecule has 1 N–H and O–H groups in total. The molecular formula is C19H23NS. The molecule has 2 aliphatic carbocycles. The average molecular weight is 297 g/mol. The minimum absolute atomic E-state index is 0.417. The van der Waals surface area contributed by atoms with E-state index in [4.69, 9.17) is 0 Å². The molecule has 1 aromatic carbocycles. The van der Waals surface area contributed by atoms with E-state index in [0.29, 0.717) is 6.04 Å². The third kappa shape index (κ3) is 2.62. The molecule has 0 saturated heterocycles. The van der Waals surface area contributed by atoms with Gasteiger partial charge in [0.25, 0.3) is 0 Å². The fourth-order valence-corrected chi connectivity index (χ4v) is 4.97. The van der Waals surface area contributed by atoms with Gasteiger partial charge in [-0.05, 0) is 86.8 Å². The molecule has 2 heteroatoms. The second kappa shape index (κ2) is 5.49. The number of aryl methyl sites for hydroxylation is 4. The van der Waals surface area contributed by atoms with Crippen LogP contribution in [0.25, 0.3) is 0 Å². The van der Waals surface area contributed by atoms with Gasteiger partial charge >= 0.3 is 0 Å². The van der Waals surface area contributed by atoms with Gasteiger partial charge in [-0.1, -0.05) is 6.07 Å². The molecule has 1 atom stereocenters. The van der Waals surface area contributed by atoms with E-state index < -0.39 is 0 Å². The number of fused-ring (bicyclic) bond motifs is 2. The first-order valence-corrected chi connectivity index (χ1v) is 9.11. The van der Waals surface area contributed by atoms with Crippen LogP contribution >= 0.6 is 11.3 Å². The van der Waals surface area contributed by atoms with Gasteiger partial charge in [-0.25, -0.2) is 0 Å². The Bertz CT molecular complexity index is 632. The first kappa shape index (κ1) is 13.4. The standard InChI is InChI=1S/C19H23NS/c1-13(19-12-16-5-2-3-8-18(16)21-19)20-17-10-9-14-6-4-7-15(14)11-17/h9-13,20H,2-8H2,1H3. The van der Waals surface area contributed by atoms with Gasteiger partial charge in [0.05, 0.1) is 6.04 Å². The molecule has 2 aromatic rings. The maximum Gasteiger partial charge on any atom is 0.0578 e. The number of benzene rings is 1. The van der Waals surface area contributed by atoms with Crippen molar-refractivity contribution in [3.05, 3.63) is 50.7 Å². The van der Waals surface area contributed by atoms with E-state index in [1.807, 2.05) is 11.3 Å². The normalized spacial score (nSPS) is 18.1. The summed E-state index contributed by atoms with van der Waals surface area (Å²) in [5.74, 6) is 0. The summed E-state index contributed by atoms with van der Waals surface area (Å²) in [6.07, 6.45) is 9.18. The van der Waals surface area contributed by atoms with Crippen LogP contribution in [0.3, 0.4) is 0 Å². The van der Waals surface area contributed by atoms with Crippen molar-refractivity contribution in [3.63, 3.8) is 0 Å². The Morgan fingerprint density at radius 2 is 1.71 bits per heavy atom. The highest BCUT2D eigenvalue weighted by atomic mass is 32.1. The van der Waals surface area contributed by atoms with Crippen molar-refractivity contribution in [2.45, 2.75) is 57.9 Å². The molecule has 0 bridgehead atoms. The lowest BCUT2D eigenvalue weighted by molar-refractivity contribution is 0.696. The van der Waals surface area contributed by atoms with Gasteiger partial charge in [-0.2, -0.15) is 0 Å². The fourth-order valence-electron chi connectivity index (χ4n) is 3.71. The molecule has 0 spiro atoms. The number of hydrogen-bond acceptors (Lipinski definition) is 2. The predicted molar refractivity (Wildman–Crippen MR) is 91.5 cm³/mol. The van der Waals surface area contributed by atoms with Crippen molar-refractivity contribution in [3.8, 4) is 0 Å². The molecule has 2 aliphatic rings. The lowest BCUT2D eigenvalue weighted by Crippen LogP contribution is -2.05. The Morgan fingerprint density at radius 3 is 2.62 bits per heavy atom. The van der Waals surface area contributed by atoms with Crippen molar-refractivity contribution < 1.29 is 0 Å². The van der Waals surface area contributed by atoms with Crippen molar-refractivity contribution >= 4 is 17.0 Å². The van der Waals surface area contributed by atoms with Crippen LogP contribution in [0.1, 0.15) is 58.7 Å². The number of thiophene rings is 1. The Hall–Kier alpha value is -1.28. The van der Waals surface area contributed by atoms with E-state index in [9.17, 15) is 0 Å². The van der Waals surface area contributed by atoms with Gasteiger partial charge in [0.1, 0.15) is 0 Å². The molecule has 110 valence electrons. The van der Waals surface area contributed by atoms with Crippen molar-refractivity contribution in [2.75, 3.05) is 5.32 Å².